The number of sulfonamides is 1. The molecule has 3 aromatic rings. The van der Waals surface area contributed by atoms with Crippen molar-refractivity contribution in [1.82, 2.24) is 10.2 Å². The van der Waals surface area contributed by atoms with E-state index in [9.17, 15) is 18.0 Å². The topological polar surface area (TPSA) is 96.0 Å². The summed E-state index contributed by atoms with van der Waals surface area (Å²) in [6.07, 6.45) is 0.688. The lowest BCUT2D eigenvalue weighted by Crippen LogP contribution is -2.52. The summed E-state index contributed by atoms with van der Waals surface area (Å²) >= 11 is 18.9. The van der Waals surface area contributed by atoms with E-state index in [1.165, 1.54) is 60.5 Å². The van der Waals surface area contributed by atoms with Crippen molar-refractivity contribution < 1.29 is 22.7 Å². The molecule has 0 radical (unpaired) electrons. The SMILES string of the molecule is CC[C@H](C)NC(=O)[C@H](C)N(Cc1c(Cl)cccc1Cl)C(=O)CN(c1ccc(Cl)cc1)S(=O)(=O)c1ccc(OC)cc1. The van der Waals surface area contributed by atoms with E-state index >= 15 is 0 Å². The molecule has 0 saturated carbocycles. The van der Waals surface area contributed by atoms with E-state index in [0.717, 1.165) is 4.31 Å². The Kier molecular flexibility index (Phi) is 11.3. The Balaban J connectivity index is 2.06. The van der Waals surface area contributed by atoms with Crippen LogP contribution in [-0.4, -0.2) is 50.9 Å². The molecule has 0 aliphatic carbocycles. The first-order valence-corrected chi connectivity index (χ1v) is 15.4. The highest BCUT2D eigenvalue weighted by molar-refractivity contribution is 7.92. The standard InChI is InChI=1S/C29H32Cl3N3O5S/c1-5-19(2)33-29(37)20(3)34(17-25-26(31)7-6-8-27(25)32)28(36)18-35(22-11-9-21(30)10-12-22)41(38,39)24-15-13-23(40-4)14-16-24/h6-16,19-20H,5,17-18H2,1-4H3,(H,33,37)/t19-,20-/m0/s1. The van der Waals surface area contributed by atoms with Crippen molar-refractivity contribution >= 4 is 62.3 Å². The van der Waals surface area contributed by atoms with Crippen LogP contribution in [0.25, 0.3) is 0 Å². The molecule has 1 N–H and O–H groups in total. The van der Waals surface area contributed by atoms with Crippen LogP contribution in [0.4, 0.5) is 5.69 Å². The molecule has 2 amide bonds. The normalized spacial score (nSPS) is 12.8. The lowest BCUT2D eigenvalue weighted by Gasteiger charge is -2.32. The lowest BCUT2D eigenvalue weighted by atomic mass is 10.1. The molecule has 0 saturated heterocycles. The van der Waals surface area contributed by atoms with Crippen molar-refractivity contribution in [3.63, 3.8) is 0 Å². The summed E-state index contributed by atoms with van der Waals surface area (Å²) in [6, 6.07) is 15.7. The highest BCUT2D eigenvalue weighted by Gasteiger charge is 2.33. The maximum atomic E-state index is 14.0. The first-order chi connectivity index (χ1) is 19.4. The summed E-state index contributed by atoms with van der Waals surface area (Å²) in [5, 5.41) is 3.90. The number of halogens is 3. The van der Waals surface area contributed by atoms with Gasteiger partial charge in [-0.1, -0.05) is 47.8 Å². The van der Waals surface area contributed by atoms with Crippen LogP contribution in [0.5, 0.6) is 5.75 Å². The number of methoxy groups -OCH3 is 1. The molecule has 3 aromatic carbocycles. The number of benzene rings is 3. The van der Waals surface area contributed by atoms with Crippen LogP contribution in [0, 0.1) is 0 Å². The molecule has 0 aromatic heterocycles. The summed E-state index contributed by atoms with van der Waals surface area (Å²) in [5.74, 6) is -0.561. The van der Waals surface area contributed by atoms with Crippen LogP contribution in [-0.2, 0) is 26.2 Å². The summed E-state index contributed by atoms with van der Waals surface area (Å²) in [5.41, 5.74) is 0.648. The van der Waals surface area contributed by atoms with Crippen molar-refractivity contribution in [2.24, 2.45) is 0 Å². The third-order valence-corrected chi connectivity index (χ3v) is 9.35. The monoisotopic (exact) mass is 639 g/mol. The number of anilines is 1. The van der Waals surface area contributed by atoms with Gasteiger partial charge in [-0.15, -0.1) is 0 Å². The number of carbonyl (C=O) groups is 2. The molecule has 0 fully saturated rings. The Labute approximate surface area is 256 Å². The van der Waals surface area contributed by atoms with Gasteiger partial charge in [0.25, 0.3) is 10.0 Å². The molecular formula is C29H32Cl3N3O5S. The van der Waals surface area contributed by atoms with Crippen molar-refractivity contribution in [1.29, 1.82) is 0 Å². The number of ether oxygens (including phenoxy) is 1. The smallest absolute Gasteiger partial charge is 0.264 e. The second-order valence-corrected chi connectivity index (χ2v) is 12.5. The van der Waals surface area contributed by atoms with Crippen LogP contribution in [0.3, 0.4) is 0 Å². The first kappa shape index (κ1) is 32.5. The minimum Gasteiger partial charge on any atom is -0.497 e. The number of amides is 2. The Morgan fingerprint density at radius 3 is 2.05 bits per heavy atom. The fraction of sp³-hybridized carbons (Fsp3) is 0.310. The van der Waals surface area contributed by atoms with E-state index in [0.29, 0.717) is 32.8 Å². The number of rotatable bonds is 12. The van der Waals surface area contributed by atoms with Crippen LogP contribution in [0.1, 0.15) is 32.8 Å². The van der Waals surface area contributed by atoms with Crippen LogP contribution in [0.15, 0.2) is 71.6 Å². The molecule has 12 heteroatoms. The molecule has 0 spiro atoms. The second-order valence-electron chi connectivity index (χ2n) is 9.38. The summed E-state index contributed by atoms with van der Waals surface area (Å²) in [6.45, 7) is 4.62. The molecule has 220 valence electrons. The zero-order chi connectivity index (χ0) is 30.3. The maximum Gasteiger partial charge on any atom is 0.264 e. The van der Waals surface area contributed by atoms with Gasteiger partial charge in [-0.25, -0.2) is 8.42 Å². The third kappa shape index (κ3) is 8.07. The number of hydrogen-bond donors (Lipinski definition) is 1. The van der Waals surface area contributed by atoms with Crippen molar-refractivity contribution in [3.8, 4) is 5.75 Å². The predicted octanol–water partition coefficient (Wildman–Crippen LogP) is 6.18. The third-order valence-electron chi connectivity index (χ3n) is 6.60. The summed E-state index contributed by atoms with van der Waals surface area (Å²) in [7, 11) is -2.77. The van der Waals surface area contributed by atoms with Gasteiger partial charge >= 0.3 is 0 Å². The lowest BCUT2D eigenvalue weighted by molar-refractivity contribution is -0.139. The quantitative estimate of drug-likeness (QED) is 0.255. The fourth-order valence-corrected chi connectivity index (χ4v) is 5.97. The Morgan fingerprint density at radius 2 is 1.51 bits per heavy atom. The van der Waals surface area contributed by atoms with Crippen LogP contribution in [0.2, 0.25) is 15.1 Å². The summed E-state index contributed by atoms with van der Waals surface area (Å²) < 4.78 is 33.9. The van der Waals surface area contributed by atoms with Gasteiger partial charge in [0, 0.05) is 33.2 Å². The number of nitrogens with zero attached hydrogens (tertiary/aromatic N) is 2. The molecule has 3 rings (SSSR count). The Hall–Kier alpha value is -2.98. The fourth-order valence-electron chi connectivity index (χ4n) is 3.91. The van der Waals surface area contributed by atoms with E-state index < -0.39 is 34.4 Å². The zero-order valence-corrected chi connectivity index (χ0v) is 26.2. The molecule has 0 heterocycles. The van der Waals surface area contributed by atoms with Gasteiger partial charge < -0.3 is 15.0 Å². The van der Waals surface area contributed by atoms with Crippen molar-refractivity contribution in [3.05, 3.63) is 87.4 Å². The number of nitrogens with one attached hydrogen (secondary N) is 1. The zero-order valence-electron chi connectivity index (χ0n) is 23.1. The van der Waals surface area contributed by atoms with Crippen molar-refractivity contribution in [2.75, 3.05) is 18.0 Å². The minimum absolute atomic E-state index is 0.0516. The average molecular weight is 641 g/mol. The first-order valence-electron chi connectivity index (χ1n) is 12.8. The van der Waals surface area contributed by atoms with Gasteiger partial charge in [-0.3, -0.25) is 13.9 Å². The van der Waals surface area contributed by atoms with Gasteiger partial charge in [-0.2, -0.15) is 0 Å². The molecule has 0 aliphatic heterocycles. The highest BCUT2D eigenvalue weighted by Crippen LogP contribution is 2.29. The average Bonchev–Trinajstić information content (AvgIpc) is 2.95. The summed E-state index contributed by atoms with van der Waals surface area (Å²) in [4.78, 5) is 28.4. The molecule has 2 atom stereocenters. The largest absolute Gasteiger partial charge is 0.497 e. The maximum absolute atomic E-state index is 14.0. The van der Waals surface area contributed by atoms with Gasteiger partial charge in [0.15, 0.2) is 0 Å². The molecule has 8 nitrogen and oxygen atoms in total. The second kappa shape index (κ2) is 14.3. The predicted molar refractivity (Wildman–Crippen MR) is 163 cm³/mol. The molecule has 41 heavy (non-hydrogen) atoms. The molecular weight excluding hydrogens is 609 g/mol. The number of hydrogen-bond acceptors (Lipinski definition) is 5. The Bertz CT molecular complexity index is 1450. The van der Waals surface area contributed by atoms with Gasteiger partial charge in [-0.05, 0) is 80.9 Å². The van der Waals surface area contributed by atoms with Crippen molar-refractivity contribution in [2.45, 2.75) is 50.7 Å². The van der Waals surface area contributed by atoms with E-state index in [1.807, 2.05) is 13.8 Å². The van der Waals surface area contributed by atoms with Crippen LogP contribution >= 0.6 is 34.8 Å². The molecule has 0 unspecified atom stereocenters. The highest BCUT2D eigenvalue weighted by atomic mass is 35.5. The van der Waals surface area contributed by atoms with E-state index in [1.54, 1.807) is 25.1 Å². The van der Waals surface area contributed by atoms with Gasteiger partial charge in [0.05, 0.1) is 17.7 Å². The van der Waals surface area contributed by atoms with E-state index in [2.05, 4.69) is 5.32 Å². The number of carbonyl (C=O) groups excluding carboxylic acids is 2. The Morgan fingerprint density at radius 1 is 0.927 bits per heavy atom. The minimum atomic E-state index is -4.24. The van der Waals surface area contributed by atoms with E-state index in [-0.39, 0.29) is 23.2 Å². The van der Waals surface area contributed by atoms with Gasteiger partial charge in [0.2, 0.25) is 11.8 Å². The van der Waals surface area contributed by atoms with Gasteiger partial charge in [0.1, 0.15) is 18.3 Å². The molecule has 0 bridgehead atoms. The van der Waals surface area contributed by atoms with E-state index in [4.69, 9.17) is 39.5 Å². The van der Waals surface area contributed by atoms with Crippen LogP contribution < -0.4 is 14.4 Å². The molecule has 0 aliphatic rings.